The van der Waals surface area contributed by atoms with E-state index in [-0.39, 0.29) is 17.5 Å². The summed E-state index contributed by atoms with van der Waals surface area (Å²) in [7, 11) is 1.76. The van der Waals surface area contributed by atoms with Crippen LogP contribution in [0, 0.1) is 11.7 Å². The first-order valence-corrected chi connectivity index (χ1v) is 9.90. The fourth-order valence-electron chi connectivity index (χ4n) is 2.88. The summed E-state index contributed by atoms with van der Waals surface area (Å²) in [5.74, 6) is 1.14. The summed E-state index contributed by atoms with van der Waals surface area (Å²) in [6.45, 7) is 5.38. The first-order valence-electron chi connectivity index (χ1n) is 9.14. The molecule has 29 heavy (non-hydrogen) atoms. The Hall–Kier alpha value is -2.45. The average Bonchev–Trinajstić information content (AvgIpc) is 3.18. The number of aliphatic imine (C=N–C) groups is 2. The summed E-state index contributed by atoms with van der Waals surface area (Å²) in [5.41, 5.74) is 10.7. The molecule has 7 nitrogen and oxygen atoms in total. The van der Waals surface area contributed by atoms with Crippen LogP contribution in [0.5, 0.6) is 0 Å². The van der Waals surface area contributed by atoms with Crippen LogP contribution in [0.2, 0.25) is 10.0 Å². The maximum Gasteiger partial charge on any atom is 0.271 e. The first kappa shape index (κ1) is 21.3. The Labute approximate surface area is 179 Å². The molecule has 2 aliphatic heterocycles. The molecule has 1 aromatic rings. The van der Waals surface area contributed by atoms with Crippen molar-refractivity contribution >= 4 is 34.9 Å². The molecule has 0 fully saturated rings. The van der Waals surface area contributed by atoms with Crippen molar-refractivity contribution in [3.8, 4) is 0 Å². The number of nitrogens with two attached hydrogens (primary N) is 1. The van der Waals surface area contributed by atoms with Crippen molar-refractivity contribution in [3.05, 3.63) is 56.9 Å². The summed E-state index contributed by atoms with van der Waals surface area (Å²) in [6.07, 6.45) is 1.79. The van der Waals surface area contributed by atoms with E-state index in [1.165, 1.54) is 12.1 Å². The van der Waals surface area contributed by atoms with Gasteiger partial charge in [0.2, 0.25) is 0 Å². The van der Waals surface area contributed by atoms with E-state index in [1.54, 1.807) is 13.1 Å². The number of hydrogen-bond donors (Lipinski definition) is 3. The van der Waals surface area contributed by atoms with Gasteiger partial charge in [0.1, 0.15) is 23.2 Å². The lowest BCUT2D eigenvalue weighted by atomic mass is 10.1. The topological polar surface area (TPSA) is 87.3 Å². The molecule has 0 radical (unpaired) electrons. The second-order valence-electron chi connectivity index (χ2n) is 6.86. The van der Waals surface area contributed by atoms with Gasteiger partial charge in [-0.25, -0.2) is 9.87 Å². The van der Waals surface area contributed by atoms with Crippen molar-refractivity contribution in [2.24, 2.45) is 21.6 Å². The van der Waals surface area contributed by atoms with Crippen LogP contribution in [-0.2, 0) is 11.4 Å². The molecule has 0 aliphatic carbocycles. The molecule has 156 valence electrons. The molecule has 0 saturated carbocycles. The summed E-state index contributed by atoms with van der Waals surface area (Å²) in [4.78, 5) is 16.2. The average molecular weight is 441 g/mol. The number of nitrogens with one attached hydrogen (secondary N) is 2. The summed E-state index contributed by atoms with van der Waals surface area (Å²) in [5, 5.41) is 3.46. The number of amidine groups is 2. The van der Waals surface area contributed by atoms with Gasteiger partial charge >= 0.3 is 0 Å². The van der Waals surface area contributed by atoms with E-state index in [4.69, 9.17) is 33.8 Å². The SMILES string of the molecule is CNC(C=C1C(N)=NCCN1Cc1c(Cl)ccc(F)c1Cl)=C1N=C(C(C)C)NO1. The van der Waals surface area contributed by atoms with Crippen molar-refractivity contribution in [1.29, 1.82) is 0 Å². The Balaban J connectivity index is 1.98. The summed E-state index contributed by atoms with van der Waals surface area (Å²) in [6, 6.07) is 2.74. The highest BCUT2D eigenvalue weighted by Gasteiger charge is 2.24. The first-order chi connectivity index (χ1) is 13.8. The molecule has 3 rings (SSSR count). The molecule has 0 spiro atoms. The van der Waals surface area contributed by atoms with Gasteiger partial charge in [-0.2, -0.15) is 4.99 Å². The van der Waals surface area contributed by atoms with Crippen LogP contribution in [0.4, 0.5) is 4.39 Å². The number of allylic oxidation sites excluding steroid dienone is 1. The highest BCUT2D eigenvalue weighted by Crippen LogP contribution is 2.30. The molecule has 2 aliphatic rings. The Morgan fingerprint density at radius 3 is 2.86 bits per heavy atom. The minimum absolute atomic E-state index is 0.000343. The molecule has 4 N–H and O–H groups in total. The third-order valence-corrected chi connectivity index (χ3v) is 5.31. The van der Waals surface area contributed by atoms with Crippen molar-refractivity contribution in [2.45, 2.75) is 20.4 Å². The zero-order valence-corrected chi connectivity index (χ0v) is 17.9. The van der Waals surface area contributed by atoms with Crippen molar-refractivity contribution < 1.29 is 9.23 Å². The Morgan fingerprint density at radius 2 is 2.21 bits per heavy atom. The van der Waals surface area contributed by atoms with E-state index < -0.39 is 5.82 Å². The Kier molecular flexibility index (Phi) is 6.54. The maximum absolute atomic E-state index is 13.9. The molecule has 0 unspecified atom stereocenters. The maximum atomic E-state index is 13.9. The van der Waals surface area contributed by atoms with E-state index in [1.807, 2.05) is 18.7 Å². The normalized spacial score (nSPS) is 19.7. The van der Waals surface area contributed by atoms with Gasteiger partial charge in [0, 0.05) is 36.6 Å². The predicted molar refractivity (Wildman–Crippen MR) is 114 cm³/mol. The zero-order valence-electron chi connectivity index (χ0n) is 16.4. The molecule has 1 aromatic carbocycles. The fraction of sp³-hybridized carbons (Fsp3) is 0.368. The number of nitrogens with zero attached hydrogens (tertiary/aromatic N) is 3. The van der Waals surface area contributed by atoms with Crippen molar-refractivity contribution in [1.82, 2.24) is 15.7 Å². The lowest BCUT2D eigenvalue weighted by Gasteiger charge is -2.31. The van der Waals surface area contributed by atoms with E-state index in [0.717, 1.165) is 5.84 Å². The fourth-order valence-corrected chi connectivity index (χ4v) is 3.37. The molecular weight excluding hydrogens is 418 g/mol. The van der Waals surface area contributed by atoms with Gasteiger partial charge in [-0.15, -0.1) is 0 Å². The van der Waals surface area contributed by atoms with Crippen LogP contribution in [-0.4, -0.2) is 36.7 Å². The standard InChI is InChI=1S/C19H23Cl2FN6O/c1-10(2)18-26-19(29-27-18)14(24-3)8-15-17(23)25-6-7-28(15)9-11-12(20)4-5-13(22)16(11)21/h4-5,8,10,24H,6-7,9H2,1-3H3,(H2,23,25)(H,26,27). The molecular formula is C19H23Cl2FN6O. The summed E-state index contributed by atoms with van der Waals surface area (Å²) >= 11 is 12.4. The highest BCUT2D eigenvalue weighted by atomic mass is 35.5. The number of halogens is 3. The van der Waals surface area contributed by atoms with Gasteiger partial charge in [-0.3, -0.25) is 4.99 Å². The summed E-state index contributed by atoms with van der Waals surface area (Å²) < 4.78 is 13.9. The van der Waals surface area contributed by atoms with Gasteiger partial charge in [0.05, 0.1) is 17.3 Å². The number of hydrogen-bond acceptors (Lipinski definition) is 7. The van der Waals surface area contributed by atoms with Crippen LogP contribution >= 0.6 is 23.2 Å². The third-order valence-electron chi connectivity index (χ3n) is 4.55. The number of hydroxylamine groups is 1. The number of rotatable bonds is 5. The zero-order chi connectivity index (χ0) is 21.1. The lowest BCUT2D eigenvalue weighted by Crippen LogP contribution is -2.38. The number of benzene rings is 1. The quantitative estimate of drug-likeness (QED) is 0.612. The van der Waals surface area contributed by atoms with Gasteiger partial charge in [0.25, 0.3) is 5.88 Å². The van der Waals surface area contributed by atoms with Gasteiger partial charge in [0.15, 0.2) is 0 Å². The van der Waals surface area contributed by atoms with E-state index in [9.17, 15) is 4.39 Å². The lowest BCUT2D eigenvalue weighted by molar-refractivity contribution is 0.171. The van der Waals surface area contributed by atoms with Crippen LogP contribution in [0.1, 0.15) is 19.4 Å². The molecule has 0 aromatic heterocycles. The van der Waals surface area contributed by atoms with Crippen LogP contribution < -0.4 is 16.5 Å². The van der Waals surface area contributed by atoms with Gasteiger partial charge < -0.3 is 20.8 Å². The second-order valence-corrected chi connectivity index (χ2v) is 7.65. The second kappa shape index (κ2) is 8.92. The molecule has 2 heterocycles. The molecule has 0 saturated heterocycles. The smallest absolute Gasteiger partial charge is 0.271 e. The van der Waals surface area contributed by atoms with Crippen molar-refractivity contribution in [2.75, 3.05) is 20.1 Å². The monoisotopic (exact) mass is 440 g/mol. The van der Waals surface area contributed by atoms with Gasteiger partial charge in [-0.1, -0.05) is 37.0 Å². The largest absolute Gasteiger partial charge is 0.384 e. The molecule has 10 heteroatoms. The molecule has 0 atom stereocenters. The van der Waals surface area contributed by atoms with Gasteiger partial charge in [-0.05, 0) is 18.2 Å². The van der Waals surface area contributed by atoms with Crippen molar-refractivity contribution in [3.63, 3.8) is 0 Å². The van der Waals surface area contributed by atoms with Crippen LogP contribution in [0.15, 0.2) is 45.5 Å². The molecule has 0 bridgehead atoms. The van der Waals surface area contributed by atoms with E-state index in [0.29, 0.717) is 46.8 Å². The van der Waals surface area contributed by atoms with E-state index in [2.05, 4.69) is 20.8 Å². The predicted octanol–water partition coefficient (Wildman–Crippen LogP) is 3.17. The Morgan fingerprint density at radius 1 is 1.45 bits per heavy atom. The van der Waals surface area contributed by atoms with E-state index >= 15 is 0 Å². The number of likely N-dealkylation sites (N-methyl/N-ethyl adjacent to an activating group) is 1. The minimum atomic E-state index is -0.519. The minimum Gasteiger partial charge on any atom is -0.384 e. The van der Waals surface area contributed by atoms with Crippen LogP contribution in [0.3, 0.4) is 0 Å². The third kappa shape index (κ3) is 4.59. The molecule has 0 amide bonds. The highest BCUT2D eigenvalue weighted by molar-refractivity contribution is 6.36. The van der Waals surface area contributed by atoms with Crippen LogP contribution in [0.25, 0.3) is 0 Å². The Bertz CT molecular complexity index is 926.